The number of hydrogen-bond donors (Lipinski definition) is 0. The van der Waals surface area contributed by atoms with Crippen LogP contribution in [-0.4, -0.2) is 29.8 Å². The van der Waals surface area contributed by atoms with Crippen LogP contribution in [0.15, 0.2) is 0 Å². The molecule has 3 nitrogen and oxygen atoms in total. The van der Waals surface area contributed by atoms with E-state index in [0.29, 0.717) is 6.04 Å². The molecule has 0 bridgehead atoms. The van der Waals surface area contributed by atoms with Crippen molar-refractivity contribution >= 4 is 0 Å². The van der Waals surface area contributed by atoms with Crippen molar-refractivity contribution in [1.29, 1.82) is 0 Å². The maximum Gasteiger partial charge on any atom is 0.0349 e. The van der Waals surface area contributed by atoms with Crippen LogP contribution in [0.25, 0.3) is 0 Å². The SMILES string of the molecule is CC1CN1N(C)[O-]. The van der Waals surface area contributed by atoms with Crippen molar-refractivity contribution in [2.24, 2.45) is 0 Å². The van der Waals surface area contributed by atoms with Crippen molar-refractivity contribution in [3.05, 3.63) is 5.21 Å². The highest BCUT2D eigenvalue weighted by Gasteiger charge is 2.28. The lowest BCUT2D eigenvalue weighted by Gasteiger charge is -2.22. The molecule has 2 atom stereocenters. The summed E-state index contributed by atoms with van der Waals surface area (Å²) in [6.45, 7) is 2.95. The Kier molecular flexibility index (Phi) is 1.03. The van der Waals surface area contributed by atoms with Gasteiger partial charge in [-0.2, -0.15) is 0 Å². The summed E-state index contributed by atoms with van der Waals surface area (Å²) in [7, 11) is 1.52. The molecule has 0 spiro atoms. The average molecular weight is 101 g/mol. The van der Waals surface area contributed by atoms with Gasteiger partial charge in [-0.15, -0.1) is 0 Å². The van der Waals surface area contributed by atoms with Gasteiger partial charge in [-0.1, -0.05) is 0 Å². The summed E-state index contributed by atoms with van der Waals surface area (Å²) in [5, 5.41) is 12.9. The number of hydrogen-bond acceptors (Lipinski definition) is 3. The first kappa shape index (κ1) is 5.03. The minimum atomic E-state index is 0.488. The molecule has 0 saturated carbocycles. The van der Waals surface area contributed by atoms with Gasteiger partial charge in [0.1, 0.15) is 0 Å². The summed E-state index contributed by atoms with van der Waals surface area (Å²) in [5.41, 5.74) is 0. The Labute approximate surface area is 43.1 Å². The van der Waals surface area contributed by atoms with Crippen LogP contribution < -0.4 is 0 Å². The zero-order chi connectivity index (χ0) is 5.44. The molecule has 7 heavy (non-hydrogen) atoms. The maximum atomic E-state index is 10.3. The van der Waals surface area contributed by atoms with E-state index in [1.54, 1.807) is 5.01 Å². The van der Waals surface area contributed by atoms with E-state index in [0.717, 1.165) is 11.7 Å². The van der Waals surface area contributed by atoms with Gasteiger partial charge in [-0.3, -0.25) is 0 Å². The lowest BCUT2D eigenvalue weighted by Crippen LogP contribution is -2.17. The Balaban J connectivity index is 2.20. The Morgan fingerprint density at radius 2 is 2.29 bits per heavy atom. The van der Waals surface area contributed by atoms with Gasteiger partial charge < -0.3 is 10.4 Å². The highest BCUT2D eigenvalue weighted by atomic mass is 16.6. The van der Waals surface area contributed by atoms with Gasteiger partial charge in [0.05, 0.1) is 0 Å². The van der Waals surface area contributed by atoms with Crippen LogP contribution in [0.4, 0.5) is 0 Å². The molecule has 0 aromatic rings. The van der Waals surface area contributed by atoms with E-state index in [9.17, 15) is 5.21 Å². The molecule has 0 aliphatic carbocycles. The van der Waals surface area contributed by atoms with E-state index in [1.807, 2.05) is 6.92 Å². The standard InChI is InChI=1S/C4H9N2O/c1-4-3-6(4)5(2)7/h4H,3H2,1-2H3/q-1. The molecule has 1 aliphatic heterocycles. The van der Waals surface area contributed by atoms with Crippen LogP contribution in [0.3, 0.4) is 0 Å². The first-order valence-corrected chi connectivity index (χ1v) is 2.39. The van der Waals surface area contributed by atoms with Crippen LogP contribution in [0.1, 0.15) is 6.92 Å². The predicted molar refractivity (Wildman–Crippen MR) is 27.3 cm³/mol. The number of nitrogens with zero attached hydrogens (tertiary/aromatic N) is 2. The zero-order valence-electron chi connectivity index (χ0n) is 4.59. The number of hydroxylamine groups is 1. The quantitative estimate of drug-likeness (QED) is 0.345. The molecule has 1 rings (SSSR count). The molecule has 1 fully saturated rings. The topological polar surface area (TPSA) is 29.3 Å². The Bertz CT molecular complexity index is 74.1. The fourth-order valence-corrected chi connectivity index (χ4v) is 0.616. The monoisotopic (exact) mass is 101 g/mol. The first-order chi connectivity index (χ1) is 3.22. The Morgan fingerprint density at radius 3 is 2.29 bits per heavy atom. The van der Waals surface area contributed by atoms with Gasteiger partial charge in [-0.25, -0.2) is 5.01 Å². The molecule has 2 unspecified atom stereocenters. The van der Waals surface area contributed by atoms with Crippen LogP contribution in [0, 0.1) is 5.21 Å². The lowest BCUT2D eigenvalue weighted by molar-refractivity contribution is 0.184. The number of hydrazine groups is 1. The Morgan fingerprint density at radius 1 is 1.86 bits per heavy atom. The molecular formula is C4H9N2O-. The summed E-state index contributed by atoms with van der Waals surface area (Å²) < 4.78 is 0. The fourth-order valence-electron chi connectivity index (χ4n) is 0.616. The van der Waals surface area contributed by atoms with Crippen molar-refractivity contribution in [2.75, 3.05) is 13.6 Å². The van der Waals surface area contributed by atoms with Crippen LogP contribution in [0.5, 0.6) is 0 Å². The summed E-state index contributed by atoms with van der Waals surface area (Å²) in [4.78, 5) is 0. The third-order valence-electron chi connectivity index (χ3n) is 1.19. The van der Waals surface area contributed by atoms with E-state index in [4.69, 9.17) is 0 Å². The van der Waals surface area contributed by atoms with E-state index in [2.05, 4.69) is 0 Å². The molecule has 1 heterocycles. The molecule has 1 aliphatic rings. The second-order valence-corrected chi connectivity index (χ2v) is 1.94. The van der Waals surface area contributed by atoms with Gasteiger partial charge in [0, 0.05) is 12.6 Å². The van der Waals surface area contributed by atoms with Crippen molar-refractivity contribution in [3.63, 3.8) is 0 Å². The van der Waals surface area contributed by atoms with Crippen molar-refractivity contribution in [3.8, 4) is 0 Å². The van der Waals surface area contributed by atoms with Gasteiger partial charge in [-0.05, 0) is 14.0 Å². The molecule has 0 aromatic carbocycles. The maximum absolute atomic E-state index is 10.3. The molecule has 1 saturated heterocycles. The average Bonchev–Trinajstić information content (AvgIpc) is 2.17. The minimum absolute atomic E-state index is 0.488. The fraction of sp³-hybridized carbons (Fsp3) is 1.00. The molecular weight excluding hydrogens is 92.1 g/mol. The third-order valence-corrected chi connectivity index (χ3v) is 1.19. The molecule has 0 amide bonds. The van der Waals surface area contributed by atoms with E-state index in [-0.39, 0.29) is 0 Å². The second-order valence-electron chi connectivity index (χ2n) is 1.94. The van der Waals surface area contributed by atoms with Gasteiger partial charge in [0.15, 0.2) is 0 Å². The van der Waals surface area contributed by atoms with Crippen LogP contribution in [-0.2, 0) is 0 Å². The minimum Gasteiger partial charge on any atom is -0.772 e. The largest absolute Gasteiger partial charge is 0.772 e. The van der Waals surface area contributed by atoms with Gasteiger partial charge in [0.2, 0.25) is 0 Å². The van der Waals surface area contributed by atoms with Crippen LogP contribution >= 0.6 is 0 Å². The van der Waals surface area contributed by atoms with Crippen LogP contribution in [0.2, 0.25) is 0 Å². The lowest BCUT2D eigenvalue weighted by atomic mass is 10.6. The van der Waals surface area contributed by atoms with Crippen molar-refractivity contribution < 1.29 is 0 Å². The smallest absolute Gasteiger partial charge is 0.0349 e. The Hall–Kier alpha value is -0.120. The second kappa shape index (κ2) is 1.43. The normalized spacial score (nSPS) is 39.4. The highest BCUT2D eigenvalue weighted by molar-refractivity contribution is 4.81. The molecule has 0 N–H and O–H groups in total. The van der Waals surface area contributed by atoms with E-state index >= 15 is 0 Å². The molecule has 0 aromatic heterocycles. The van der Waals surface area contributed by atoms with E-state index < -0.39 is 0 Å². The van der Waals surface area contributed by atoms with E-state index in [1.165, 1.54) is 7.05 Å². The third kappa shape index (κ3) is 0.907. The summed E-state index contributed by atoms with van der Waals surface area (Å²) in [6, 6.07) is 0.488. The number of rotatable bonds is 1. The van der Waals surface area contributed by atoms with Gasteiger partial charge in [0.25, 0.3) is 0 Å². The molecule has 42 valence electrons. The summed E-state index contributed by atoms with van der Waals surface area (Å²) in [5.74, 6) is 0. The van der Waals surface area contributed by atoms with Gasteiger partial charge >= 0.3 is 0 Å². The van der Waals surface area contributed by atoms with Crippen molar-refractivity contribution in [1.82, 2.24) is 10.2 Å². The van der Waals surface area contributed by atoms with Crippen molar-refractivity contribution in [2.45, 2.75) is 13.0 Å². The predicted octanol–water partition coefficient (Wildman–Crippen LogP) is 0.0351. The first-order valence-electron chi connectivity index (χ1n) is 2.39. The zero-order valence-corrected chi connectivity index (χ0v) is 4.59. The summed E-state index contributed by atoms with van der Waals surface area (Å²) in [6.07, 6.45) is 0. The summed E-state index contributed by atoms with van der Waals surface area (Å²) >= 11 is 0. The molecule has 3 heteroatoms. The highest BCUT2D eigenvalue weighted by Crippen LogP contribution is 2.16. The molecule has 0 radical (unpaired) electrons.